The number of fused-ring (bicyclic) bond motifs is 2. The molecule has 2 amide bonds. The number of H-pyrrole nitrogens is 1. The number of hydrogen-bond acceptors (Lipinski definition) is 4. The van der Waals surface area contributed by atoms with E-state index >= 15 is 0 Å². The van der Waals surface area contributed by atoms with Crippen LogP contribution in [-0.2, 0) is 13.0 Å². The summed E-state index contributed by atoms with van der Waals surface area (Å²) in [7, 11) is 2.11. The molecular formula is C24H27ClN4O2S. The van der Waals surface area contributed by atoms with E-state index in [0.29, 0.717) is 10.7 Å². The van der Waals surface area contributed by atoms with E-state index in [9.17, 15) is 9.59 Å². The number of thiophene rings is 1. The van der Waals surface area contributed by atoms with Gasteiger partial charge in [0.2, 0.25) is 0 Å². The molecule has 6 nitrogen and oxygen atoms in total. The van der Waals surface area contributed by atoms with Gasteiger partial charge in [0.1, 0.15) is 5.69 Å². The van der Waals surface area contributed by atoms with Gasteiger partial charge in [-0.1, -0.05) is 24.4 Å². The summed E-state index contributed by atoms with van der Waals surface area (Å²) in [5.41, 5.74) is 2.68. The second kappa shape index (κ2) is 8.89. The number of amides is 2. The Morgan fingerprint density at radius 2 is 1.84 bits per heavy atom. The van der Waals surface area contributed by atoms with Crippen molar-refractivity contribution in [3.8, 4) is 0 Å². The Morgan fingerprint density at radius 3 is 2.62 bits per heavy atom. The van der Waals surface area contributed by atoms with E-state index in [1.165, 1.54) is 10.4 Å². The molecule has 0 saturated heterocycles. The van der Waals surface area contributed by atoms with Crippen LogP contribution in [0.4, 0.5) is 0 Å². The predicted octanol–water partition coefficient (Wildman–Crippen LogP) is 4.34. The number of benzene rings is 1. The van der Waals surface area contributed by atoms with E-state index in [1.54, 1.807) is 17.4 Å². The number of nitrogens with one attached hydrogen (secondary N) is 3. The van der Waals surface area contributed by atoms with E-state index in [2.05, 4.69) is 27.6 Å². The van der Waals surface area contributed by atoms with Gasteiger partial charge in [0.15, 0.2) is 0 Å². The highest BCUT2D eigenvalue weighted by atomic mass is 35.5. The summed E-state index contributed by atoms with van der Waals surface area (Å²) < 4.78 is 0. The molecule has 1 saturated carbocycles. The van der Waals surface area contributed by atoms with Crippen molar-refractivity contribution in [2.45, 2.75) is 50.7 Å². The second-order valence-electron chi connectivity index (χ2n) is 8.91. The lowest BCUT2D eigenvalue weighted by Gasteiger charge is -2.32. The fourth-order valence-electron chi connectivity index (χ4n) is 4.75. The van der Waals surface area contributed by atoms with Crippen molar-refractivity contribution in [3.63, 3.8) is 0 Å². The van der Waals surface area contributed by atoms with Gasteiger partial charge in [-0.3, -0.25) is 9.59 Å². The number of likely N-dealkylation sites (N-methyl/N-ethyl adjacent to an activating group) is 1. The Hall–Kier alpha value is -2.35. The monoisotopic (exact) mass is 470 g/mol. The predicted molar refractivity (Wildman–Crippen MR) is 129 cm³/mol. The van der Waals surface area contributed by atoms with Crippen LogP contribution in [0.3, 0.4) is 0 Å². The molecule has 0 unspecified atom stereocenters. The van der Waals surface area contributed by atoms with E-state index in [4.69, 9.17) is 11.6 Å². The SMILES string of the molecule is CN1CCc2cc(C(=O)N[C@@H]3CCCC[C@@H]3NC(=O)c3cc4cc(Cl)ccc4[nH]3)sc2C1. The number of hydrogen-bond donors (Lipinski definition) is 3. The van der Waals surface area contributed by atoms with E-state index in [0.717, 1.165) is 61.0 Å². The first kappa shape index (κ1) is 21.5. The number of rotatable bonds is 4. The normalized spacial score (nSPS) is 21.3. The van der Waals surface area contributed by atoms with Gasteiger partial charge in [0, 0.05) is 46.0 Å². The molecule has 1 fully saturated rings. The van der Waals surface area contributed by atoms with Crippen LogP contribution in [0.2, 0.25) is 5.02 Å². The molecule has 2 atom stereocenters. The Labute approximate surface area is 196 Å². The molecule has 0 bridgehead atoms. The maximum Gasteiger partial charge on any atom is 0.268 e. The fraction of sp³-hybridized carbons (Fsp3) is 0.417. The van der Waals surface area contributed by atoms with Crippen molar-refractivity contribution in [3.05, 3.63) is 56.4 Å². The van der Waals surface area contributed by atoms with Crippen molar-refractivity contribution in [1.29, 1.82) is 0 Å². The molecule has 168 valence electrons. The number of carbonyl (C=O) groups is 2. The molecule has 3 N–H and O–H groups in total. The van der Waals surface area contributed by atoms with Crippen molar-refractivity contribution < 1.29 is 9.59 Å². The minimum absolute atomic E-state index is 0.0292. The van der Waals surface area contributed by atoms with E-state index in [1.807, 2.05) is 24.3 Å². The summed E-state index contributed by atoms with van der Waals surface area (Å²) in [4.78, 5) is 33.5. The number of nitrogens with zero attached hydrogens (tertiary/aromatic N) is 1. The third-order valence-corrected chi connectivity index (χ3v) is 7.92. The van der Waals surface area contributed by atoms with Crippen molar-refractivity contribution in [1.82, 2.24) is 20.5 Å². The molecular weight excluding hydrogens is 444 g/mol. The molecule has 3 aromatic rings. The van der Waals surface area contributed by atoms with Crippen LogP contribution >= 0.6 is 22.9 Å². The molecule has 1 aliphatic heterocycles. The molecule has 2 aliphatic rings. The quantitative estimate of drug-likeness (QED) is 0.530. The summed E-state index contributed by atoms with van der Waals surface area (Å²) in [6.45, 7) is 1.94. The summed E-state index contributed by atoms with van der Waals surface area (Å²) in [5, 5.41) is 7.91. The zero-order valence-electron chi connectivity index (χ0n) is 18.0. The van der Waals surface area contributed by atoms with Crippen LogP contribution in [-0.4, -0.2) is 47.4 Å². The lowest BCUT2D eigenvalue weighted by molar-refractivity contribution is 0.0862. The lowest BCUT2D eigenvalue weighted by Crippen LogP contribution is -2.53. The van der Waals surface area contributed by atoms with Gasteiger partial charge >= 0.3 is 0 Å². The zero-order chi connectivity index (χ0) is 22.2. The third-order valence-electron chi connectivity index (χ3n) is 6.52. The highest BCUT2D eigenvalue weighted by Crippen LogP contribution is 2.28. The van der Waals surface area contributed by atoms with Gasteiger partial charge in [-0.05, 0) is 62.2 Å². The van der Waals surface area contributed by atoms with Crippen molar-refractivity contribution in [2.24, 2.45) is 0 Å². The summed E-state index contributed by atoms with van der Waals surface area (Å²) in [5.74, 6) is -0.184. The average molecular weight is 471 g/mol. The van der Waals surface area contributed by atoms with Gasteiger partial charge in [-0.2, -0.15) is 0 Å². The summed E-state index contributed by atoms with van der Waals surface area (Å²) >= 11 is 7.66. The van der Waals surface area contributed by atoms with E-state index < -0.39 is 0 Å². The first-order valence-corrected chi connectivity index (χ1v) is 12.4. The molecule has 0 spiro atoms. The molecule has 8 heteroatoms. The fourth-order valence-corrected chi connectivity index (χ4v) is 6.12. The molecule has 32 heavy (non-hydrogen) atoms. The first-order valence-electron chi connectivity index (χ1n) is 11.2. The molecule has 2 aromatic heterocycles. The largest absolute Gasteiger partial charge is 0.351 e. The molecule has 1 aromatic carbocycles. The van der Waals surface area contributed by atoms with Gasteiger partial charge in [-0.25, -0.2) is 0 Å². The molecule has 0 radical (unpaired) electrons. The van der Waals surface area contributed by atoms with Crippen molar-refractivity contribution in [2.75, 3.05) is 13.6 Å². The zero-order valence-corrected chi connectivity index (χ0v) is 19.6. The van der Waals surface area contributed by atoms with Crippen LogP contribution in [0.1, 0.15) is 56.3 Å². The topological polar surface area (TPSA) is 77.2 Å². The number of halogens is 1. The van der Waals surface area contributed by atoms with Crippen LogP contribution in [0.5, 0.6) is 0 Å². The highest BCUT2D eigenvalue weighted by Gasteiger charge is 2.30. The van der Waals surface area contributed by atoms with Crippen LogP contribution in [0.15, 0.2) is 30.3 Å². The maximum atomic E-state index is 13.0. The van der Waals surface area contributed by atoms with Crippen LogP contribution < -0.4 is 10.6 Å². The third kappa shape index (κ3) is 4.42. The molecule has 1 aliphatic carbocycles. The summed E-state index contributed by atoms with van der Waals surface area (Å²) in [6.07, 6.45) is 4.81. The Kier molecular flexibility index (Phi) is 5.97. The Bertz CT molecular complexity index is 1170. The Balaban J connectivity index is 1.27. The summed E-state index contributed by atoms with van der Waals surface area (Å²) in [6, 6.07) is 9.23. The van der Waals surface area contributed by atoms with E-state index in [-0.39, 0.29) is 23.9 Å². The van der Waals surface area contributed by atoms with Gasteiger partial charge in [0.05, 0.1) is 4.88 Å². The standard InChI is InChI=1S/C24H27ClN4O2S/c1-29-9-8-14-12-21(32-22(14)13-29)24(31)28-19-5-3-2-4-18(19)27-23(30)20-11-15-10-16(25)6-7-17(15)26-20/h6-7,10-12,18-19,26H,2-5,8-9,13H2,1H3,(H,27,30)(H,28,31)/t18-,19+/m0/s1. The second-order valence-corrected chi connectivity index (χ2v) is 10.5. The molecule has 3 heterocycles. The van der Waals surface area contributed by atoms with Gasteiger partial charge < -0.3 is 20.5 Å². The minimum atomic E-state index is -0.155. The number of aromatic amines is 1. The highest BCUT2D eigenvalue weighted by molar-refractivity contribution is 7.14. The molecule has 5 rings (SSSR count). The maximum absolute atomic E-state index is 13.0. The van der Waals surface area contributed by atoms with Crippen LogP contribution in [0.25, 0.3) is 10.9 Å². The Morgan fingerprint density at radius 1 is 1.09 bits per heavy atom. The van der Waals surface area contributed by atoms with Crippen molar-refractivity contribution >= 4 is 45.7 Å². The van der Waals surface area contributed by atoms with Crippen LogP contribution in [0, 0.1) is 0 Å². The lowest BCUT2D eigenvalue weighted by atomic mass is 9.90. The van der Waals surface area contributed by atoms with Gasteiger partial charge in [-0.15, -0.1) is 11.3 Å². The minimum Gasteiger partial charge on any atom is -0.351 e. The average Bonchev–Trinajstić information content (AvgIpc) is 3.38. The number of aromatic nitrogens is 1. The van der Waals surface area contributed by atoms with Gasteiger partial charge in [0.25, 0.3) is 11.8 Å². The first-order chi connectivity index (χ1) is 15.5. The number of carbonyl (C=O) groups excluding carboxylic acids is 2. The smallest absolute Gasteiger partial charge is 0.268 e.